The van der Waals surface area contributed by atoms with E-state index in [1.807, 2.05) is 0 Å². The molecule has 0 amide bonds. The number of ether oxygens (including phenoxy) is 1. The van der Waals surface area contributed by atoms with Crippen LogP contribution in [0.5, 0.6) is 0 Å². The number of hydrogen-bond acceptors (Lipinski definition) is 2. The van der Waals surface area contributed by atoms with Crippen molar-refractivity contribution in [2.75, 3.05) is 20.3 Å². The smallest absolute Gasteiger partial charge is 0.165 e. The highest BCUT2D eigenvalue weighted by molar-refractivity contribution is 6.26. The van der Waals surface area contributed by atoms with E-state index in [4.69, 9.17) is 9.16 Å². The number of hydrogen-bond donors (Lipinski definition) is 0. The summed E-state index contributed by atoms with van der Waals surface area (Å²) in [6.07, 6.45) is 3.54. The molecular weight excluding hydrogens is 216 g/mol. The Morgan fingerprint density at radius 2 is 1.75 bits per heavy atom. The summed E-state index contributed by atoms with van der Waals surface area (Å²) in [4.78, 5) is 0. The van der Waals surface area contributed by atoms with Crippen molar-refractivity contribution in [3.63, 3.8) is 0 Å². The first-order chi connectivity index (χ1) is 7.93. The van der Waals surface area contributed by atoms with E-state index >= 15 is 0 Å². The topological polar surface area (TPSA) is 18.5 Å². The third-order valence-electron chi connectivity index (χ3n) is 2.52. The van der Waals surface area contributed by atoms with E-state index in [9.17, 15) is 0 Å². The van der Waals surface area contributed by atoms with Gasteiger partial charge in [-0.25, -0.2) is 0 Å². The van der Waals surface area contributed by atoms with E-state index in [1.54, 1.807) is 7.11 Å². The van der Waals surface area contributed by atoms with Crippen LogP contribution in [0.3, 0.4) is 0 Å². The minimum absolute atomic E-state index is 0.358. The summed E-state index contributed by atoms with van der Waals surface area (Å²) in [5.74, 6) is 0. The van der Waals surface area contributed by atoms with Gasteiger partial charge in [-0.1, -0.05) is 30.3 Å². The molecule has 0 aliphatic carbocycles. The Bertz CT molecular complexity index is 251. The van der Waals surface area contributed by atoms with Gasteiger partial charge in [0, 0.05) is 20.3 Å². The van der Waals surface area contributed by atoms with Crippen molar-refractivity contribution < 1.29 is 9.16 Å². The lowest BCUT2D eigenvalue weighted by Gasteiger charge is -2.04. The first kappa shape index (κ1) is 13.4. The maximum atomic E-state index is 5.72. The van der Waals surface area contributed by atoms with Crippen LogP contribution in [-0.2, 0) is 15.2 Å². The molecule has 1 aromatic rings. The lowest BCUT2D eigenvalue weighted by molar-refractivity contribution is 0.189. The molecule has 0 aliphatic heterocycles. The van der Waals surface area contributed by atoms with Gasteiger partial charge >= 0.3 is 0 Å². The Morgan fingerprint density at radius 1 is 1.00 bits per heavy atom. The second kappa shape index (κ2) is 9.57. The summed E-state index contributed by atoms with van der Waals surface area (Å²) in [5, 5.41) is 0. The molecule has 1 aromatic carbocycles. The van der Waals surface area contributed by atoms with Crippen LogP contribution in [0.1, 0.15) is 24.8 Å². The van der Waals surface area contributed by atoms with Gasteiger partial charge < -0.3 is 9.16 Å². The molecule has 0 spiro atoms. The van der Waals surface area contributed by atoms with Gasteiger partial charge in [0.15, 0.2) is 9.76 Å². The molecule has 2 nitrogen and oxygen atoms in total. The zero-order chi connectivity index (χ0) is 11.5. The third kappa shape index (κ3) is 6.77. The molecule has 0 atom stereocenters. The Labute approximate surface area is 101 Å². The van der Waals surface area contributed by atoms with Crippen LogP contribution >= 0.6 is 0 Å². The Morgan fingerprint density at radius 3 is 2.50 bits per heavy atom. The molecule has 0 unspecified atom stereocenters. The van der Waals surface area contributed by atoms with Crippen molar-refractivity contribution in [1.29, 1.82) is 0 Å². The molecule has 0 radical (unpaired) electrons. The number of unbranched alkanes of at least 4 members (excludes halogenated alkanes) is 2. The first-order valence-corrected chi connectivity index (χ1v) is 7.62. The molecule has 1 rings (SSSR count). The van der Waals surface area contributed by atoms with Crippen molar-refractivity contribution in [3.8, 4) is 0 Å². The van der Waals surface area contributed by atoms with E-state index in [1.165, 1.54) is 18.4 Å². The Hall–Kier alpha value is -0.643. The highest BCUT2D eigenvalue weighted by Crippen LogP contribution is 1.99. The second-order valence-corrected chi connectivity index (χ2v) is 5.22. The normalized spacial score (nSPS) is 11.3. The zero-order valence-electron chi connectivity index (χ0n) is 10.2. The number of benzene rings is 1. The van der Waals surface area contributed by atoms with Crippen molar-refractivity contribution in [2.45, 2.75) is 25.3 Å². The quantitative estimate of drug-likeness (QED) is 0.484. The standard InChI is InChI=1S/C13H22O2Si/c1-14-10-6-3-7-11-15-16-12-13-8-4-2-5-9-13/h2,4-5,8-9H,3,6-7,10-12,16H2,1H3. The second-order valence-electron chi connectivity index (χ2n) is 3.90. The van der Waals surface area contributed by atoms with Gasteiger partial charge in [0.25, 0.3) is 0 Å². The Kier molecular flexibility index (Phi) is 8.03. The lowest BCUT2D eigenvalue weighted by Crippen LogP contribution is -2.04. The van der Waals surface area contributed by atoms with Crippen LogP contribution in [0, 0.1) is 0 Å². The van der Waals surface area contributed by atoms with Crippen LogP contribution in [0.4, 0.5) is 0 Å². The predicted octanol–water partition coefficient (Wildman–Crippen LogP) is 2.10. The molecule has 0 fully saturated rings. The molecule has 0 heterocycles. The van der Waals surface area contributed by atoms with E-state index < -0.39 is 0 Å². The molecule has 16 heavy (non-hydrogen) atoms. The fourth-order valence-corrected chi connectivity index (χ4v) is 2.69. The molecule has 0 N–H and O–H groups in total. The largest absolute Gasteiger partial charge is 0.424 e. The molecular formula is C13H22O2Si. The molecule has 0 saturated carbocycles. The summed E-state index contributed by atoms with van der Waals surface area (Å²) in [6, 6.07) is 11.7. The maximum Gasteiger partial charge on any atom is 0.165 e. The fourth-order valence-electron chi connectivity index (χ4n) is 1.56. The van der Waals surface area contributed by atoms with E-state index in [0.717, 1.165) is 25.7 Å². The SMILES string of the molecule is COCCCCCO[SiH2]Cc1ccccc1. The minimum atomic E-state index is -0.358. The van der Waals surface area contributed by atoms with Gasteiger partial charge in [0.05, 0.1) is 0 Å². The van der Waals surface area contributed by atoms with Crippen molar-refractivity contribution in [3.05, 3.63) is 35.9 Å². The average molecular weight is 238 g/mol. The summed E-state index contributed by atoms with van der Waals surface area (Å²) >= 11 is 0. The molecule has 0 aromatic heterocycles. The molecule has 90 valence electrons. The molecule has 0 bridgehead atoms. The zero-order valence-corrected chi connectivity index (χ0v) is 11.6. The third-order valence-corrected chi connectivity index (χ3v) is 3.87. The fraction of sp³-hybridized carbons (Fsp3) is 0.538. The van der Waals surface area contributed by atoms with Crippen LogP contribution in [0.25, 0.3) is 0 Å². The highest BCUT2D eigenvalue weighted by Gasteiger charge is 1.93. The number of rotatable bonds is 9. The highest BCUT2D eigenvalue weighted by atomic mass is 28.2. The maximum absolute atomic E-state index is 5.72. The molecule has 0 aliphatic rings. The summed E-state index contributed by atoms with van der Waals surface area (Å²) in [5.41, 5.74) is 1.41. The Balaban J connectivity index is 1.89. The number of methoxy groups -OCH3 is 1. The molecule has 3 heteroatoms. The minimum Gasteiger partial charge on any atom is -0.424 e. The monoisotopic (exact) mass is 238 g/mol. The van der Waals surface area contributed by atoms with Gasteiger partial charge in [0.1, 0.15) is 0 Å². The van der Waals surface area contributed by atoms with Crippen LogP contribution < -0.4 is 0 Å². The van der Waals surface area contributed by atoms with E-state index in [-0.39, 0.29) is 9.76 Å². The molecule has 0 saturated heterocycles. The summed E-state index contributed by atoms with van der Waals surface area (Å²) < 4.78 is 10.7. The summed E-state index contributed by atoms with van der Waals surface area (Å²) in [6.45, 7) is 1.81. The van der Waals surface area contributed by atoms with Crippen molar-refractivity contribution >= 4 is 9.76 Å². The van der Waals surface area contributed by atoms with Gasteiger partial charge in [-0.3, -0.25) is 0 Å². The van der Waals surface area contributed by atoms with Crippen molar-refractivity contribution in [1.82, 2.24) is 0 Å². The average Bonchev–Trinajstić information content (AvgIpc) is 2.34. The van der Waals surface area contributed by atoms with Crippen molar-refractivity contribution in [2.24, 2.45) is 0 Å². The lowest BCUT2D eigenvalue weighted by atomic mass is 10.2. The van der Waals surface area contributed by atoms with Crippen LogP contribution in [-0.4, -0.2) is 30.1 Å². The first-order valence-electron chi connectivity index (χ1n) is 6.04. The van der Waals surface area contributed by atoms with Gasteiger partial charge in [-0.2, -0.15) is 0 Å². The van der Waals surface area contributed by atoms with Gasteiger partial charge in [-0.05, 0) is 30.9 Å². The van der Waals surface area contributed by atoms with E-state index in [2.05, 4.69) is 30.3 Å². The van der Waals surface area contributed by atoms with Gasteiger partial charge in [-0.15, -0.1) is 0 Å². The van der Waals surface area contributed by atoms with Crippen LogP contribution in [0.15, 0.2) is 30.3 Å². The predicted molar refractivity (Wildman–Crippen MR) is 70.4 cm³/mol. The van der Waals surface area contributed by atoms with Crippen LogP contribution in [0.2, 0.25) is 0 Å². The van der Waals surface area contributed by atoms with E-state index in [0.29, 0.717) is 0 Å². The summed E-state index contributed by atoms with van der Waals surface area (Å²) in [7, 11) is 1.40. The van der Waals surface area contributed by atoms with Gasteiger partial charge in [0.2, 0.25) is 0 Å².